The highest BCUT2D eigenvalue weighted by Gasteiger charge is 2.24. The molecule has 0 saturated heterocycles. The predicted octanol–water partition coefficient (Wildman–Crippen LogP) is 2.07. The first-order valence-corrected chi connectivity index (χ1v) is 8.26. The largest absolute Gasteiger partial charge is 0.349 e. The van der Waals surface area contributed by atoms with Crippen molar-refractivity contribution in [2.24, 2.45) is 5.92 Å². The molecule has 0 heterocycles. The van der Waals surface area contributed by atoms with E-state index in [0.717, 1.165) is 12.8 Å². The van der Waals surface area contributed by atoms with Crippen molar-refractivity contribution in [3.8, 4) is 0 Å². The highest BCUT2D eigenvalue weighted by molar-refractivity contribution is 6.38. The van der Waals surface area contributed by atoms with Crippen LogP contribution in [0.3, 0.4) is 0 Å². The number of carbonyl (C=O) groups excluding carboxylic acids is 3. The standard InChI is InChI=1S/C18H24N2O3/c1-13(20-17(22)15-10-6-3-7-11-15)16(21)18(23)19-12-14-8-4-2-5-9-14/h3,6-7,10-11,13-14H,2,4-5,8-9,12H2,1H3,(H,19,23)(H,20,22). The molecule has 1 aliphatic carbocycles. The van der Waals surface area contributed by atoms with Gasteiger partial charge in [-0.25, -0.2) is 0 Å². The van der Waals surface area contributed by atoms with Crippen molar-refractivity contribution < 1.29 is 14.4 Å². The van der Waals surface area contributed by atoms with Crippen LogP contribution in [0.4, 0.5) is 0 Å². The molecule has 1 aromatic rings. The minimum Gasteiger partial charge on any atom is -0.349 e. The van der Waals surface area contributed by atoms with Gasteiger partial charge in [0.1, 0.15) is 0 Å². The zero-order valence-corrected chi connectivity index (χ0v) is 13.5. The number of nitrogens with one attached hydrogen (secondary N) is 2. The Balaban J connectivity index is 1.79. The molecule has 1 aromatic carbocycles. The highest BCUT2D eigenvalue weighted by Crippen LogP contribution is 2.22. The molecule has 0 spiro atoms. The lowest BCUT2D eigenvalue weighted by molar-refractivity contribution is -0.138. The molecule has 5 heteroatoms. The van der Waals surface area contributed by atoms with Crippen LogP contribution in [0.25, 0.3) is 0 Å². The van der Waals surface area contributed by atoms with Crippen LogP contribution < -0.4 is 10.6 Å². The monoisotopic (exact) mass is 316 g/mol. The van der Waals surface area contributed by atoms with Crippen molar-refractivity contribution in [3.63, 3.8) is 0 Å². The number of ketones is 1. The molecule has 1 unspecified atom stereocenters. The molecule has 1 fully saturated rings. The number of benzene rings is 1. The van der Waals surface area contributed by atoms with Crippen LogP contribution in [0.5, 0.6) is 0 Å². The molecule has 23 heavy (non-hydrogen) atoms. The van der Waals surface area contributed by atoms with Gasteiger partial charge >= 0.3 is 0 Å². The minimum absolute atomic E-state index is 0.355. The molecular formula is C18H24N2O3. The molecule has 2 amide bonds. The molecule has 0 aromatic heterocycles. The molecule has 0 radical (unpaired) electrons. The van der Waals surface area contributed by atoms with Crippen LogP contribution in [0.2, 0.25) is 0 Å². The van der Waals surface area contributed by atoms with Gasteiger partial charge in [-0.3, -0.25) is 14.4 Å². The minimum atomic E-state index is -0.839. The van der Waals surface area contributed by atoms with Crippen LogP contribution in [-0.2, 0) is 9.59 Å². The van der Waals surface area contributed by atoms with Crippen LogP contribution in [-0.4, -0.2) is 30.2 Å². The zero-order chi connectivity index (χ0) is 16.7. The van der Waals surface area contributed by atoms with Crippen molar-refractivity contribution >= 4 is 17.6 Å². The Hall–Kier alpha value is -2.17. The summed E-state index contributed by atoms with van der Waals surface area (Å²) in [5.41, 5.74) is 0.467. The maximum atomic E-state index is 12.1. The van der Waals surface area contributed by atoms with Gasteiger partial charge in [0.15, 0.2) is 0 Å². The Bertz CT molecular complexity index is 551. The molecule has 124 valence electrons. The average molecular weight is 316 g/mol. The molecule has 2 N–H and O–H groups in total. The van der Waals surface area contributed by atoms with Gasteiger partial charge in [0.05, 0.1) is 6.04 Å². The quantitative estimate of drug-likeness (QED) is 0.789. The third kappa shape index (κ3) is 5.20. The van der Waals surface area contributed by atoms with Gasteiger partial charge < -0.3 is 10.6 Å². The fourth-order valence-corrected chi connectivity index (χ4v) is 2.85. The Labute approximate surface area is 136 Å². The van der Waals surface area contributed by atoms with Gasteiger partial charge in [0, 0.05) is 12.1 Å². The molecule has 1 aliphatic rings. The van der Waals surface area contributed by atoms with Gasteiger partial charge in [-0.2, -0.15) is 0 Å². The summed E-state index contributed by atoms with van der Waals surface area (Å²) in [5.74, 6) is -1.11. The van der Waals surface area contributed by atoms with Crippen LogP contribution >= 0.6 is 0 Å². The van der Waals surface area contributed by atoms with E-state index in [1.54, 1.807) is 24.3 Å². The predicted molar refractivity (Wildman–Crippen MR) is 88.0 cm³/mol. The maximum absolute atomic E-state index is 12.1. The zero-order valence-electron chi connectivity index (χ0n) is 13.5. The second-order valence-corrected chi connectivity index (χ2v) is 6.14. The lowest BCUT2D eigenvalue weighted by Gasteiger charge is -2.22. The topological polar surface area (TPSA) is 75.3 Å². The van der Waals surface area contributed by atoms with Gasteiger partial charge in [0.2, 0.25) is 5.78 Å². The molecule has 0 aliphatic heterocycles. The summed E-state index contributed by atoms with van der Waals surface area (Å²) in [4.78, 5) is 36.0. The van der Waals surface area contributed by atoms with E-state index in [1.165, 1.54) is 26.2 Å². The Morgan fingerprint density at radius 3 is 2.39 bits per heavy atom. The van der Waals surface area contributed by atoms with Crippen molar-refractivity contribution in [1.29, 1.82) is 0 Å². The molecule has 1 saturated carbocycles. The van der Waals surface area contributed by atoms with E-state index in [-0.39, 0.29) is 5.91 Å². The summed E-state index contributed by atoms with van der Waals surface area (Å²) in [6.07, 6.45) is 5.85. The summed E-state index contributed by atoms with van der Waals surface area (Å²) in [7, 11) is 0. The number of hydrogen-bond acceptors (Lipinski definition) is 3. The van der Waals surface area contributed by atoms with Crippen LogP contribution in [0.15, 0.2) is 30.3 Å². The number of amides is 2. The molecule has 0 bridgehead atoms. The Morgan fingerprint density at radius 1 is 1.09 bits per heavy atom. The fourth-order valence-electron chi connectivity index (χ4n) is 2.85. The first-order valence-electron chi connectivity index (χ1n) is 8.26. The number of hydrogen-bond donors (Lipinski definition) is 2. The van der Waals surface area contributed by atoms with Crippen molar-refractivity contribution in [2.45, 2.75) is 45.1 Å². The first kappa shape index (κ1) is 17.2. The highest BCUT2D eigenvalue weighted by atomic mass is 16.2. The van der Waals surface area contributed by atoms with E-state index in [0.29, 0.717) is 18.0 Å². The normalized spacial score (nSPS) is 16.4. The van der Waals surface area contributed by atoms with Crippen LogP contribution in [0.1, 0.15) is 49.4 Å². The summed E-state index contributed by atoms with van der Waals surface area (Å²) < 4.78 is 0. The van der Waals surface area contributed by atoms with E-state index in [2.05, 4.69) is 10.6 Å². The second-order valence-electron chi connectivity index (χ2n) is 6.14. The third-order valence-electron chi connectivity index (χ3n) is 4.28. The van der Waals surface area contributed by atoms with Crippen LogP contribution in [0, 0.1) is 5.92 Å². The van der Waals surface area contributed by atoms with E-state index in [4.69, 9.17) is 0 Å². The van der Waals surface area contributed by atoms with Gasteiger partial charge in [0.25, 0.3) is 11.8 Å². The number of Topliss-reactive ketones (excluding diaryl/α,β-unsaturated/α-hetero) is 1. The second kappa shape index (κ2) is 8.46. The summed E-state index contributed by atoms with van der Waals surface area (Å²) in [5, 5.41) is 5.27. The lowest BCUT2D eigenvalue weighted by Crippen LogP contribution is -2.46. The SMILES string of the molecule is CC(NC(=O)c1ccccc1)C(=O)C(=O)NCC1CCCCC1. The molecular weight excluding hydrogens is 292 g/mol. The number of carbonyl (C=O) groups is 3. The Kier molecular flexibility index (Phi) is 6.32. The number of rotatable bonds is 6. The van der Waals surface area contributed by atoms with E-state index >= 15 is 0 Å². The maximum Gasteiger partial charge on any atom is 0.289 e. The van der Waals surface area contributed by atoms with Crippen molar-refractivity contribution in [1.82, 2.24) is 10.6 Å². The lowest BCUT2D eigenvalue weighted by atomic mass is 9.89. The van der Waals surface area contributed by atoms with Crippen molar-refractivity contribution in [3.05, 3.63) is 35.9 Å². The van der Waals surface area contributed by atoms with Gasteiger partial charge in [-0.1, -0.05) is 37.5 Å². The summed E-state index contributed by atoms with van der Waals surface area (Å²) in [6, 6.07) is 7.79. The van der Waals surface area contributed by atoms with Crippen molar-refractivity contribution in [2.75, 3.05) is 6.54 Å². The fraction of sp³-hybridized carbons (Fsp3) is 0.500. The summed E-state index contributed by atoms with van der Waals surface area (Å²) in [6.45, 7) is 2.08. The molecule has 2 rings (SSSR count). The van der Waals surface area contributed by atoms with Gasteiger partial charge in [-0.05, 0) is 37.8 Å². The summed E-state index contributed by atoms with van der Waals surface area (Å²) >= 11 is 0. The van der Waals surface area contributed by atoms with E-state index in [9.17, 15) is 14.4 Å². The van der Waals surface area contributed by atoms with Gasteiger partial charge in [-0.15, -0.1) is 0 Å². The van der Waals surface area contributed by atoms with E-state index < -0.39 is 17.7 Å². The smallest absolute Gasteiger partial charge is 0.289 e. The molecule has 1 atom stereocenters. The first-order chi connectivity index (χ1) is 11.1. The molecule has 5 nitrogen and oxygen atoms in total. The average Bonchev–Trinajstić information content (AvgIpc) is 2.60. The Morgan fingerprint density at radius 2 is 1.74 bits per heavy atom. The van der Waals surface area contributed by atoms with E-state index in [1.807, 2.05) is 6.07 Å². The third-order valence-corrected chi connectivity index (χ3v) is 4.28.